The zero-order valence-corrected chi connectivity index (χ0v) is 13.5. The summed E-state index contributed by atoms with van der Waals surface area (Å²) in [6.07, 6.45) is 8.85. The van der Waals surface area contributed by atoms with Crippen molar-refractivity contribution in [3.05, 3.63) is 0 Å². The number of methoxy groups -OCH3 is 1. The van der Waals surface area contributed by atoms with Crippen molar-refractivity contribution in [2.24, 2.45) is 11.8 Å². The minimum atomic E-state index is 0.0345. The molecule has 3 rings (SSSR count). The number of nitrogens with one attached hydrogen (secondary N) is 1. The maximum absolute atomic E-state index is 9.97. The largest absolute Gasteiger partial charge is 0.394 e. The molecule has 1 saturated heterocycles. The lowest BCUT2D eigenvalue weighted by molar-refractivity contribution is 0.109. The van der Waals surface area contributed by atoms with Gasteiger partial charge in [-0.3, -0.25) is 0 Å². The van der Waals surface area contributed by atoms with Crippen molar-refractivity contribution in [1.29, 1.82) is 0 Å². The zero-order valence-electron chi connectivity index (χ0n) is 13.5. The van der Waals surface area contributed by atoms with Crippen LogP contribution in [0.4, 0.5) is 0 Å². The summed E-state index contributed by atoms with van der Waals surface area (Å²) in [6.45, 7) is 4.84. The molecule has 3 fully saturated rings. The number of likely N-dealkylation sites (tertiary alicyclic amines) is 1. The van der Waals surface area contributed by atoms with E-state index in [1.807, 2.05) is 0 Å². The van der Waals surface area contributed by atoms with E-state index in [9.17, 15) is 5.11 Å². The number of rotatable bonds is 8. The summed E-state index contributed by atoms with van der Waals surface area (Å²) in [4.78, 5) is 2.60. The molecule has 0 aromatic heterocycles. The second-order valence-electron chi connectivity index (χ2n) is 7.52. The number of hydrogen-bond acceptors (Lipinski definition) is 4. The van der Waals surface area contributed by atoms with Gasteiger partial charge in [0.1, 0.15) is 0 Å². The van der Waals surface area contributed by atoms with Gasteiger partial charge in [0.15, 0.2) is 0 Å². The lowest BCUT2D eigenvalue weighted by Gasteiger charge is -2.36. The van der Waals surface area contributed by atoms with Crippen molar-refractivity contribution < 1.29 is 9.84 Å². The maximum Gasteiger partial charge on any atom is 0.0616 e. The smallest absolute Gasteiger partial charge is 0.0616 e. The third-order valence-electron chi connectivity index (χ3n) is 5.87. The fourth-order valence-corrected chi connectivity index (χ4v) is 4.47. The Bertz CT molecular complexity index is 335. The van der Waals surface area contributed by atoms with Crippen LogP contribution in [0.5, 0.6) is 0 Å². The first-order chi connectivity index (χ1) is 10.3. The second kappa shape index (κ2) is 6.95. The van der Waals surface area contributed by atoms with E-state index in [-0.39, 0.29) is 5.54 Å². The molecule has 3 aliphatic rings. The Labute approximate surface area is 129 Å². The molecule has 4 heteroatoms. The average Bonchev–Trinajstić information content (AvgIpc) is 3.03. The standard InChI is InChI=1S/C17H32N2O2/c1-21-12-14-6-9-19(11-14)10-7-15-3-2-8-17(15,13-20)18-16-4-5-16/h14-16,18,20H,2-13H2,1H3. The van der Waals surface area contributed by atoms with E-state index in [1.54, 1.807) is 7.11 Å². The molecule has 0 spiro atoms. The molecule has 2 saturated carbocycles. The summed E-state index contributed by atoms with van der Waals surface area (Å²) in [5, 5.41) is 13.8. The minimum absolute atomic E-state index is 0.0345. The van der Waals surface area contributed by atoms with Crippen LogP contribution >= 0.6 is 0 Å². The van der Waals surface area contributed by atoms with Crippen LogP contribution in [0.25, 0.3) is 0 Å². The van der Waals surface area contributed by atoms with Gasteiger partial charge in [-0.15, -0.1) is 0 Å². The molecule has 3 atom stereocenters. The van der Waals surface area contributed by atoms with Crippen LogP contribution in [-0.4, -0.2) is 61.5 Å². The van der Waals surface area contributed by atoms with Crippen molar-refractivity contribution in [2.75, 3.05) is 40.0 Å². The van der Waals surface area contributed by atoms with Crippen LogP contribution in [0.2, 0.25) is 0 Å². The van der Waals surface area contributed by atoms with Gasteiger partial charge in [0.05, 0.1) is 13.2 Å². The molecule has 21 heavy (non-hydrogen) atoms. The summed E-state index contributed by atoms with van der Waals surface area (Å²) in [6, 6.07) is 0.690. The van der Waals surface area contributed by atoms with E-state index < -0.39 is 0 Å². The summed E-state index contributed by atoms with van der Waals surface area (Å²) < 4.78 is 5.28. The van der Waals surface area contributed by atoms with E-state index in [0.717, 1.165) is 18.9 Å². The van der Waals surface area contributed by atoms with Gasteiger partial charge in [0.2, 0.25) is 0 Å². The Morgan fingerprint density at radius 1 is 1.29 bits per heavy atom. The van der Waals surface area contributed by atoms with Gasteiger partial charge in [-0.05, 0) is 63.5 Å². The number of aliphatic hydroxyl groups excluding tert-OH is 1. The number of ether oxygens (including phenoxy) is 1. The monoisotopic (exact) mass is 296 g/mol. The normalized spacial score (nSPS) is 37.4. The van der Waals surface area contributed by atoms with Gasteiger partial charge >= 0.3 is 0 Å². The lowest BCUT2D eigenvalue weighted by atomic mass is 9.85. The Balaban J connectivity index is 1.47. The molecule has 0 radical (unpaired) electrons. The van der Waals surface area contributed by atoms with E-state index in [2.05, 4.69) is 10.2 Å². The highest BCUT2D eigenvalue weighted by Crippen LogP contribution is 2.40. The summed E-state index contributed by atoms with van der Waals surface area (Å²) in [5.74, 6) is 1.38. The van der Waals surface area contributed by atoms with Crippen LogP contribution in [-0.2, 0) is 4.74 Å². The molecule has 122 valence electrons. The molecule has 4 nitrogen and oxygen atoms in total. The zero-order chi connectivity index (χ0) is 14.7. The molecule has 0 aromatic carbocycles. The van der Waals surface area contributed by atoms with Crippen molar-refractivity contribution in [1.82, 2.24) is 10.2 Å². The molecule has 0 aromatic rings. The molecular formula is C17H32N2O2. The molecule has 0 amide bonds. The van der Waals surface area contributed by atoms with Gasteiger partial charge in [0.25, 0.3) is 0 Å². The molecule has 3 unspecified atom stereocenters. The molecule has 2 aliphatic carbocycles. The minimum Gasteiger partial charge on any atom is -0.394 e. The Kier molecular flexibility index (Phi) is 5.20. The summed E-state index contributed by atoms with van der Waals surface area (Å²) in [7, 11) is 1.81. The molecule has 2 N–H and O–H groups in total. The Hall–Kier alpha value is -0.160. The van der Waals surface area contributed by atoms with E-state index >= 15 is 0 Å². The first-order valence-corrected chi connectivity index (χ1v) is 8.85. The van der Waals surface area contributed by atoms with Crippen LogP contribution < -0.4 is 5.32 Å². The number of nitrogens with zero attached hydrogens (tertiary/aromatic N) is 1. The van der Waals surface area contributed by atoms with Crippen LogP contribution in [0.15, 0.2) is 0 Å². The van der Waals surface area contributed by atoms with E-state index in [0.29, 0.717) is 18.6 Å². The quantitative estimate of drug-likeness (QED) is 0.714. The summed E-state index contributed by atoms with van der Waals surface area (Å²) >= 11 is 0. The predicted molar refractivity (Wildman–Crippen MR) is 84.4 cm³/mol. The van der Waals surface area contributed by atoms with Gasteiger partial charge in [-0.1, -0.05) is 6.42 Å². The van der Waals surface area contributed by atoms with Gasteiger partial charge in [0, 0.05) is 25.2 Å². The predicted octanol–water partition coefficient (Wildman–Crippen LogP) is 1.63. The van der Waals surface area contributed by atoms with Gasteiger partial charge in [-0.2, -0.15) is 0 Å². The lowest BCUT2D eigenvalue weighted by Crippen LogP contribution is -2.53. The van der Waals surface area contributed by atoms with Crippen LogP contribution in [0.1, 0.15) is 44.9 Å². The topological polar surface area (TPSA) is 44.7 Å². The highest BCUT2D eigenvalue weighted by Gasteiger charge is 2.45. The third-order valence-corrected chi connectivity index (χ3v) is 5.87. The highest BCUT2D eigenvalue weighted by molar-refractivity contribution is 5.03. The SMILES string of the molecule is COCC1CCN(CCC2CCCC2(CO)NC2CC2)C1. The molecular weight excluding hydrogens is 264 g/mol. The van der Waals surface area contributed by atoms with Crippen molar-refractivity contribution in [3.63, 3.8) is 0 Å². The van der Waals surface area contributed by atoms with Crippen LogP contribution in [0.3, 0.4) is 0 Å². The molecule has 0 bridgehead atoms. The van der Waals surface area contributed by atoms with Gasteiger partial charge < -0.3 is 20.1 Å². The fraction of sp³-hybridized carbons (Fsp3) is 1.00. The summed E-state index contributed by atoms with van der Waals surface area (Å²) in [5.41, 5.74) is 0.0345. The van der Waals surface area contributed by atoms with E-state index in [1.165, 1.54) is 58.2 Å². The molecule has 1 aliphatic heterocycles. The Morgan fingerprint density at radius 3 is 2.86 bits per heavy atom. The van der Waals surface area contributed by atoms with Crippen molar-refractivity contribution in [3.8, 4) is 0 Å². The third kappa shape index (κ3) is 3.79. The number of hydrogen-bond donors (Lipinski definition) is 2. The van der Waals surface area contributed by atoms with Crippen LogP contribution in [0, 0.1) is 11.8 Å². The first kappa shape index (κ1) is 15.7. The first-order valence-electron chi connectivity index (χ1n) is 8.85. The van der Waals surface area contributed by atoms with E-state index in [4.69, 9.17) is 4.74 Å². The Morgan fingerprint density at radius 2 is 2.14 bits per heavy atom. The van der Waals surface area contributed by atoms with Crippen molar-refractivity contribution >= 4 is 0 Å². The highest BCUT2D eigenvalue weighted by atomic mass is 16.5. The molecule has 1 heterocycles. The van der Waals surface area contributed by atoms with Gasteiger partial charge in [-0.25, -0.2) is 0 Å². The average molecular weight is 296 g/mol. The number of aliphatic hydroxyl groups is 1. The fourth-order valence-electron chi connectivity index (χ4n) is 4.47. The van der Waals surface area contributed by atoms with Crippen molar-refractivity contribution in [2.45, 2.75) is 56.5 Å². The second-order valence-corrected chi connectivity index (χ2v) is 7.52. The maximum atomic E-state index is 9.97.